The van der Waals surface area contributed by atoms with Crippen molar-refractivity contribution in [3.8, 4) is 0 Å². The molecule has 4 heteroatoms. The lowest BCUT2D eigenvalue weighted by Gasteiger charge is -2.09. The van der Waals surface area contributed by atoms with Crippen LogP contribution in [0.2, 0.25) is 0 Å². The van der Waals surface area contributed by atoms with E-state index in [0.29, 0.717) is 12.3 Å². The first-order valence-electron chi connectivity index (χ1n) is 3.47. The van der Waals surface area contributed by atoms with Gasteiger partial charge in [0, 0.05) is 6.54 Å². The van der Waals surface area contributed by atoms with Crippen LogP contribution < -0.4 is 5.32 Å². The van der Waals surface area contributed by atoms with Gasteiger partial charge in [0.2, 0.25) is 0 Å². The van der Waals surface area contributed by atoms with E-state index in [1.165, 1.54) is 5.75 Å². The SMILES string of the molecule is O=S1(=O)[CH]CNCCCC1. The zero-order chi connectivity index (χ0) is 7.45. The van der Waals surface area contributed by atoms with Crippen molar-refractivity contribution in [2.45, 2.75) is 12.8 Å². The highest BCUT2D eigenvalue weighted by atomic mass is 32.2. The fourth-order valence-corrected chi connectivity index (χ4v) is 2.07. The van der Waals surface area contributed by atoms with Crippen LogP contribution in [-0.4, -0.2) is 27.3 Å². The maximum absolute atomic E-state index is 10.9. The highest BCUT2D eigenvalue weighted by molar-refractivity contribution is 7.93. The lowest BCUT2D eigenvalue weighted by molar-refractivity contribution is 0.582. The minimum atomic E-state index is -2.83. The molecule has 0 aliphatic carbocycles. The second kappa shape index (κ2) is 3.34. The number of hydrogen-bond acceptors (Lipinski definition) is 3. The molecule has 59 valence electrons. The number of nitrogens with one attached hydrogen (secondary N) is 1. The Morgan fingerprint density at radius 2 is 2.10 bits per heavy atom. The number of hydrogen-bond donors (Lipinski definition) is 1. The largest absolute Gasteiger partial charge is 0.315 e. The van der Waals surface area contributed by atoms with Gasteiger partial charge in [0.1, 0.15) is 0 Å². The fourth-order valence-electron chi connectivity index (χ4n) is 0.925. The van der Waals surface area contributed by atoms with Gasteiger partial charge in [-0.3, -0.25) is 0 Å². The molecule has 1 heterocycles. The summed E-state index contributed by atoms with van der Waals surface area (Å²) in [6, 6.07) is 0. The lowest BCUT2D eigenvalue weighted by Crippen LogP contribution is -2.24. The Balaban J connectivity index is 2.46. The first kappa shape index (κ1) is 8.01. The van der Waals surface area contributed by atoms with Gasteiger partial charge < -0.3 is 5.32 Å². The molecule has 1 saturated heterocycles. The molecule has 0 bridgehead atoms. The van der Waals surface area contributed by atoms with Crippen LogP contribution in [0.1, 0.15) is 12.8 Å². The van der Waals surface area contributed by atoms with Gasteiger partial charge in [0.25, 0.3) is 0 Å². The van der Waals surface area contributed by atoms with Crippen LogP contribution >= 0.6 is 0 Å². The lowest BCUT2D eigenvalue weighted by atomic mass is 10.3. The van der Waals surface area contributed by atoms with Gasteiger partial charge in [0.05, 0.1) is 11.5 Å². The van der Waals surface area contributed by atoms with E-state index in [4.69, 9.17) is 0 Å². The van der Waals surface area contributed by atoms with E-state index in [2.05, 4.69) is 5.32 Å². The van der Waals surface area contributed by atoms with Crippen molar-refractivity contribution in [3.05, 3.63) is 5.75 Å². The van der Waals surface area contributed by atoms with E-state index < -0.39 is 9.84 Å². The molecule has 1 aliphatic rings. The predicted molar refractivity (Wildman–Crippen MR) is 40.2 cm³/mol. The first-order chi connectivity index (χ1) is 4.71. The second-order valence-electron chi connectivity index (χ2n) is 2.44. The van der Waals surface area contributed by atoms with Crippen molar-refractivity contribution in [2.75, 3.05) is 18.8 Å². The Bertz CT molecular complexity index is 172. The molecule has 1 rings (SSSR count). The minimum Gasteiger partial charge on any atom is -0.315 e. The quantitative estimate of drug-likeness (QED) is 0.543. The van der Waals surface area contributed by atoms with Gasteiger partial charge >= 0.3 is 0 Å². The van der Waals surface area contributed by atoms with Crippen LogP contribution in [0.15, 0.2) is 0 Å². The highest BCUT2D eigenvalue weighted by Gasteiger charge is 2.12. The van der Waals surface area contributed by atoms with Crippen molar-refractivity contribution in [2.24, 2.45) is 0 Å². The van der Waals surface area contributed by atoms with Gasteiger partial charge in [-0.15, -0.1) is 0 Å². The van der Waals surface area contributed by atoms with Crippen LogP contribution in [0.4, 0.5) is 0 Å². The Morgan fingerprint density at radius 3 is 2.90 bits per heavy atom. The fraction of sp³-hybridized carbons (Fsp3) is 0.833. The van der Waals surface area contributed by atoms with Crippen molar-refractivity contribution < 1.29 is 8.42 Å². The van der Waals surface area contributed by atoms with Crippen LogP contribution in [-0.2, 0) is 9.84 Å². The van der Waals surface area contributed by atoms with Crippen molar-refractivity contribution in [1.82, 2.24) is 5.32 Å². The molecule has 0 spiro atoms. The van der Waals surface area contributed by atoms with Crippen LogP contribution in [0.25, 0.3) is 0 Å². The molecule has 1 fully saturated rings. The third kappa shape index (κ3) is 2.66. The molecule has 0 saturated carbocycles. The Hall–Kier alpha value is -0.0900. The normalized spacial score (nSPS) is 26.8. The zero-order valence-electron chi connectivity index (χ0n) is 5.84. The molecule has 0 amide bonds. The monoisotopic (exact) mass is 162 g/mol. The van der Waals surface area contributed by atoms with Gasteiger partial charge in [-0.2, -0.15) is 0 Å². The molecule has 0 atom stereocenters. The first-order valence-corrected chi connectivity index (χ1v) is 5.19. The van der Waals surface area contributed by atoms with E-state index in [-0.39, 0.29) is 0 Å². The maximum Gasteiger partial charge on any atom is 0.155 e. The molecular weight excluding hydrogens is 150 g/mol. The van der Waals surface area contributed by atoms with Gasteiger partial charge in [-0.05, 0) is 19.4 Å². The molecule has 0 aromatic carbocycles. The summed E-state index contributed by atoms with van der Waals surface area (Å²) in [5, 5.41) is 3.01. The highest BCUT2D eigenvalue weighted by Crippen LogP contribution is 2.02. The summed E-state index contributed by atoms with van der Waals surface area (Å²) < 4.78 is 21.9. The molecule has 3 nitrogen and oxygen atoms in total. The Morgan fingerprint density at radius 1 is 1.30 bits per heavy atom. The number of rotatable bonds is 0. The minimum absolute atomic E-state index is 0.328. The van der Waals surface area contributed by atoms with Crippen LogP contribution in [0.3, 0.4) is 0 Å². The molecule has 1 radical (unpaired) electrons. The van der Waals surface area contributed by atoms with Gasteiger partial charge in [0.15, 0.2) is 9.84 Å². The molecule has 0 unspecified atom stereocenters. The molecule has 0 aromatic rings. The molecule has 10 heavy (non-hydrogen) atoms. The summed E-state index contributed by atoms with van der Waals surface area (Å²) in [4.78, 5) is 0. The Kier molecular flexibility index (Phi) is 2.68. The van der Waals surface area contributed by atoms with Gasteiger partial charge in [-0.25, -0.2) is 8.42 Å². The second-order valence-corrected chi connectivity index (χ2v) is 4.51. The third-order valence-corrected chi connectivity index (χ3v) is 3.05. The Labute approximate surface area is 61.7 Å². The standard InChI is InChI=1S/C6H12NO2S/c8-10(9)5-2-1-3-7-4-6-10/h6-7H,1-5H2. The van der Waals surface area contributed by atoms with Crippen molar-refractivity contribution in [3.63, 3.8) is 0 Å². The smallest absolute Gasteiger partial charge is 0.155 e. The molecule has 0 aromatic heterocycles. The van der Waals surface area contributed by atoms with E-state index in [1.54, 1.807) is 0 Å². The van der Waals surface area contributed by atoms with E-state index in [9.17, 15) is 8.42 Å². The summed E-state index contributed by atoms with van der Waals surface area (Å²) in [7, 11) is -2.83. The molecule has 1 aliphatic heterocycles. The third-order valence-electron chi connectivity index (χ3n) is 1.51. The summed E-state index contributed by atoms with van der Waals surface area (Å²) >= 11 is 0. The van der Waals surface area contributed by atoms with Crippen LogP contribution in [0.5, 0.6) is 0 Å². The summed E-state index contributed by atoms with van der Waals surface area (Å²) in [6.07, 6.45) is 1.75. The van der Waals surface area contributed by atoms with E-state index >= 15 is 0 Å². The van der Waals surface area contributed by atoms with E-state index in [1.807, 2.05) is 0 Å². The van der Waals surface area contributed by atoms with Gasteiger partial charge in [-0.1, -0.05) is 0 Å². The average molecular weight is 162 g/mol. The van der Waals surface area contributed by atoms with Crippen molar-refractivity contribution >= 4 is 9.84 Å². The van der Waals surface area contributed by atoms with Crippen LogP contribution in [0, 0.1) is 5.75 Å². The molecular formula is C6H12NO2S. The molecule has 1 N–H and O–H groups in total. The summed E-state index contributed by atoms with van der Waals surface area (Å²) in [5.74, 6) is 1.70. The average Bonchev–Trinajstić information content (AvgIpc) is 1.81. The number of sulfone groups is 1. The summed E-state index contributed by atoms with van der Waals surface area (Å²) in [6.45, 7) is 1.44. The van der Waals surface area contributed by atoms with E-state index in [0.717, 1.165) is 19.4 Å². The van der Waals surface area contributed by atoms with Crippen molar-refractivity contribution in [1.29, 1.82) is 0 Å². The maximum atomic E-state index is 10.9. The summed E-state index contributed by atoms with van der Waals surface area (Å²) in [5.41, 5.74) is 0. The zero-order valence-corrected chi connectivity index (χ0v) is 6.65. The topological polar surface area (TPSA) is 46.2 Å². The predicted octanol–water partition coefficient (Wildman–Crippen LogP) is -0.0536.